The quantitative estimate of drug-likeness (QED) is 0.673. The first-order chi connectivity index (χ1) is 13.2. The van der Waals surface area contributed by atoms with Crippen LogP contribution in [0.15, 0.2) is 6.07 Å². The van der Waals surface area contributed by atoms with Crippen molar-refractivity contribution in [1.29, 1.82) is 0 Å². The molecule has 0 aromatic carbocycles. The third-order valence-electron chi connectivity index (χ3n) is 5.47. The molecule has 0 unspecified atom stereocenters. The molecule has 28 heavy (non-hydrogen) atoms. The van der Waals surface area contributed by atoms with Crippen molar-refractivity contribution in [2.24, 2.45) is 5.92 Å². The number of carbonyl (C=O) groups is 1. The Labute approximate surface area is 160 Å². The first kappa shape index (κ1) is 20.5. The maximum absolute atomic E-state index is 13.7. The van der Waals surface area contributed by atoms with E-state index in [9.17, 15) is 22.4 Å². The number of aromatic nitrogens is 1. The van der Waals surface area contributed by atoms with Crippen LogP contribution in [0.5, 0.6) is 0 Å². The summed E-state index contributed by atoms with van der Waals surface area (Å²) in [5, 5.41) is 5.65. The average molecular weight is 403 g/mol. The molecule has 2 aliphatic rings. The molecular weight excluding hydrogens is 378 g/mol. The summed E-state index contributed by atoms with van der Waals surface area (Å²) >= 11 is 0. The zero-order chi connectivity index (χ0) is 20.5. The van der Waals surface area contributed by atoms with Gasteiger partial charge in [0.1, 0.15) is 12.0 Å². The Balaban J connectivity index is 1.75. The molecular formula is C18H25F4N5O. The number of hydrogen-bond donors (Lipinski definition) is 3. The predicted molar refractivity (Wildman–Crippen MR) is 99.2 cm³/mol. The summed E-state index contributed by atoms with van der Waals surface area (Å²) in [5.41, 5.74) is 6.42. The highest BCUT2D eigenvalue weighted by atomic mass is 19.4. The molecule has 1 aliphatic carbocycles. The molecule has 1 aliphatic heterocycles. The Kier molecular flexibility index (Phi) is 5.85. The van der Waals surface area contributed by atoms with Crippen LogP contribution in [-0.4, -0.2) is 49.4 Å². The van der Waals surface area contributed by atoms with Crippen molar-refractivity contribution in [2.45, 2.75) is 50.5 Å². The number of pyridine rings is 1. The largest absolute Gasteiger partial charge is 0.396 e. The Morgan fingerprint density at radius 3 is 2.46 bits per heavy atom. The van der Waals surface area contributed by atoms with Crippen LogP contribution in [-0.2, 0) is 0 Å². The highest BCUT2D eigenvalue weighted by Gasteiger charge is 2.41. The minimum atomic E-state index is -4.19. The Morgan fingerprint density at radius 1 is 1.25 bits per heavy atom. The molecule has 1 saturated carbocycles. The SMILES string of the molecule is CNc1nc(N2CC[C@@H](F)C2)c(C(=O)N[C@H]2CC[C@H](C(F)(F)F)CC2)cc1N. The number of nitrogens with zero attached hydrogens (tertiary/aromatic N) is 2. The van der Waals surface area contributed by atoms with E-state index in [0.717, 1.165) is 0 Å². The summed E-state index contributed by atoms with van der Waals surface area (Å²) in [6, 6.07) is 1.15. The van der Waals surface area contributed by atoms with Crippen molar-refractivity contribution < 1.29 is 22.4 Å². The van der Waals surface area contributed by atoms with E-state index in [1.807, 2.05) is 0 Å². The third kappa shape index (κ3) is 4.41. The summed E-state index contributed by atoms with van der Waals surface area (Å²) in [6.07, 6.45) is -4.32. The van der Waals surface area contributed by atoms with Gasteiger partial charge in [-0.1, -0.05) is 0 Å². The van der Waals surface area contributed by atoms with Crippen LogP contribution in [0.25, 0.3) is 0 Å². The highest BCUT2D eigenvalue weighted by Crippen LogP contribution is 2.37. The van der Waals surface area contributed by atoms with Gasteiger partial charge >= 0.3 is 6.18 Å². The van der Waals surface area contributed by atoms with Crippen molar-refractivity contribution in [2.75, 3.05) is 36.1 Å². The van der Waals surface area contributed by atoms with Crippen molar-refractivity contribution in [3.8, 4) is 0 Å². The van der Waals surface area contributed by atoms with Crippen LogP contribution in [0, 0.1) is 5.92 Å². The number of nitrogens with one attached hydrogen (secondary N) is 2. The van der Waals surface area contributed by atoms with Gasteiger partial charge in [0.2, 0.25) is 0 Å². The number of nitrogen functional groups attached to an aromatic ring is 1. The van der Waals surface area contributed by atoms with Gasteiger partial charge in [-0.3, -0.25) is 4.79 Å². The fraction of sp³-hybridized carbons (Fsp3) is 0.667. The Bertz CT molecular complexity index is 719. The number of nitrogens with two attached hydrogens (primary N) is 1. The van der Waals surface area contributed by atoms with E-state index in [1.165, 1.54) is 6.07 Å². The fourth-order valence-electron chi connectivity index (χ4n) is 3.87. The van der Waals surface area contributed by atoms with Gasteiger partial charge in [-0.25, -0.2) is 9.37 Å². The molecule has 10 heteroatoms. The van der Waals surface area contributed by atoms with Crippen LogP contribution in [0.1, 0.15) is 42.5 Å². The molecule has 1 atom stereocenters. The molecule has 0 bridgehead atoms. The van der Waals surface area contributed by atoms with E-state index >= 15 is 0 Å². The lowest BCUT2D eigenvalue weighted by molar-refractivity contribution is -0.182. The zero-order valence-corrected chi connectivity index (χ0v) is 15.7. The number of alkyl halides is 4. The monoisotopic (exact) mass is 403 g/mol. The molecule has 6 nitrogen and oxygen atoms in total. The van der Waals surface area contributed by atoms with Crippen molar-refractivity contribution in [3.63, 3.8) is 0 Å². The molecule has 1 aromatic heterocycles. The van der Waals surface area contributed by atoms with Gasteiger partial charge in [0, 0.05) is 19.6 Å². The number of rotatable bonds is 4. The number of carbonyl (C=O) groups excluding carboxylic acids is 1. The van der Waals surface area contributed by atoms with Crippen molar-refractivity contribution in [1.82, 2.24) is 10.3 Å². The van der Waals surface area contributed by atoms with Gasteiger partial charge in [-0.05, 0) is 38.2 Å². The fourth-order valence-corrected chi connectivity index (χ4v) is 3.87. The van der Waals surface area contributed by atoms with Crippen molar-refractivity contribution in [3.05, 3.63) is 11.6 Å². The molecule has 1 saturated heterocycles. The summed E-state index contributed by atoms with van der Waals surface area (Å²) in [4.78, 5) is 18.9. The van der Waals surface area contributed by atoms with Gasteiger partial charge in [0.05, 0.1) is 23.7 Å². The van der Waals surface area contributed by atoms with E-state index in [-0.39, 0.29) is 49.5 Å². The summed E-state index contributed by atoms with van der Waals surface area (Å²) in [5.74, 6) is -1.04. The molecule has 0 spiro atoms. The lowest BCUT2D eigenvalue weighted by Gasteiger charge is -2.30. The van der Waals surface area contributed by atoms with Gasteiger partial charge in [-0.15, -0.1) is 0 Å². The molecule has 156 valence electrons. The van der Waals surface area contributed by atoms with Gasteiger partial charge in [0.25, 0.3) is 5.91 Å². The molecule has 3 rings (SSSR count). The van der Waals surface area contributed by atoms with Crippen molar-refractivity contribution >= 4 is 23.2 Å². The second kappa shape index (κ2) is 8.00. The van der Waals surface area contributed by atoms with E-state index < -0.39 is 24.2 Å². The van der Waals surface area contributed by atoms with Crippen LogP contribution in [0.2, 0.25) is 0 Å². The highest BCUT2D eigenvalue weighted by molar-refractivity contribution is 6.00. The number of hydrogen-bond acceptors (Lipinski definition) is 5. The van der Waals surface area contributed by atoms with Gasteiger partial charge < -0.3 is 21.3 Å². The van der Waals surface area contributed by atoms with Gasteiger partial charge in [-0.2, -0.15) is 13.2 Å². The van der Waals surface area contributed by atoms with Crippen LogP contribution in [0.4, 0.5) is 34.9 Å². The minimum Gasteiger partial charge on any atom is -0.396 e. The second-order valence-corrected chi connectivity index (χ2v) is 7.44. The van der Waals surface area contributed by atoms with Gasteiger partial charge in [0.15, 0.2) is 5.82 Å². The smallest absolute Gasteiger partial charge is 0.391 e. The topological polar surface area (TPSA) is 83.3 Å². The normalized spacial score (nSPS) is 25.6. The van der Waals surface area contributed by atoms with E-state index in [2.05, 4.69) is 15.6 Å². The zero-order valence-electron chi connectivity index (χ0n) is 15.7. The summed E-state index contributed by atoms with van der Waals surface area (Å²) in [6.45, 7) is 0.565. The number of amides is 1. The molecule has 2 heterocycles. The van der Waals surface area contributed by atoms with Crippen LogP contribution in [0.3, 0.4) is 0 Å². The van der Waals surface area contributed by atoms with E-state index in [0.29, 0.717) is 24.6 Å². The standard InChI is InChI=1S/C18H25F4N5O/c1-24-15-14(23)8-13(16(26-15)27-7-6-11(19)9-27)17(28)25-12-4-2-10(3-5-12)18(20,21)22/h8,10-12H,2-7,9,23H2,1H3,(H,24,26)(H,25,28)/t10-,11-,12-/m1/s1. The predicted octanol–water partition coefficient (Wildman–Crippen LogP) is 3.10. The third-order valence-corrected chi connectivity index (χ3v) is 5.47. The summed E-state index contributed by atoms with van der Waals surface area (Å²) in [7, 11) is 1.64. The first-order valence-electron chi connectivity index (χ1n) is 9.44. The molecule has 1 aromatic rings. The molecule has 4 N–H and O–H groups in total. The molecule has 1 amide bonds. The van der Waals surface area contributed by atoms with E-state index in [4.69, 9.17) is 5.73 Å². The second-order valence-electron chi connectivity index (χ2n) is 7.44. The lowest BCUT2D eigenvalue weighted by atomic mass is 9.85. The number of anilines is 3. The first-order valence-corrected chi connectivity index (χ1v) is 9.44. The van der Waals surface area contributed by atoms with Crippen LogP contribution >= 0.6 is 0 Å². The maximum atomic E-state index is 13.7. The minimum absolute atomic E-state index is 0.00393. The average Bonchev–Trinajstić information content (AvgIpc) is 3.07. The Hall–Kier alpha value is -2.26. The lowest BCUT2D eigenvalue weighted by Crippen LogP contribution is -2.40. The molecule has 0 radical (unpaired) electrons. The maximum Gasteiger partial charge on any atom is 0.391 e. The molecule has 2 fully saturated rings. The van der Waals surface area contributed by atoms with E-state index in [1.54, 1.807) is 11.9 Å². The number of halogens is 4. The Morgan fingerprint density at radius 2 is 1.93 bits per heavy atom. The summed E-state index contributed by atoms with van der Waals surface area (Å²) < 4.78 is 52.1. The van der Waals surface area contributed by atoms with Crippen LogP contribution < -0.4 is 21.3 Å².